The second-order valence-corrected chi connectivity index (χ2v) is 17.9. The number of esters is 4. The molecule has 3 N–H and O–H groups in total. The lowest BCUT2D eigenvalue weighted by Crippen LogP contribution is -2.78. The second kappa shape index (κ2) is 16.3. The topological polar surface area (TPSA) is 210 Å². The van der Waals surface area contributed by atoms with E-state index < -0.39 is 107 Å². The lowest BCUT2D eigenvalue weighted by atomic mass is 9.48. The number of rotatable bonds is 11. The van der Waals surface area contributed by atoms with Gasteiger partial charge in [0.15, 0.2) is 23.6 Å². The smallest absolute Gasteiger partial charge is 0.408 e. The van der Waals surface area contributed by atoms with Gasteiger partial charge in [0, 0.05) is 31.1 Å². The molecule has 15 nitrogen and oxygen atoms in total. The molecule has 0 aromatic heterocycles. The molecule has 3 saturated carbocycles. The normalized spacial score (nSPS) is 32.0. The van der Waals surface area contributed by atoms with E-state index in [2.05, 4.69) is 5.32 Å². The molecule has 4 aliphatic carbocycles. The molecule has 5 aliphatic rings. The van der Waals surface area contributed by atoms with Crippen LogP contribution >= 0.6 is 0 Å². The molecule has 8 rings (SSSR count). The van der Waals surface area contributed by atoms with E-state index in [0.29, 0.717) is 17.5 Å². The number of ketones is 1. The van der Waals surface area contributed by atoms with Gasteiger partial charge in [-0.3, -0.25) is 14.4 Å². The Bertz CT molecular complexity index is 2330. The van der Waals surface area contributed by atoms with E-state index in [-0.39, 0.29) is 42.3 Å². The van der Waals surface area contributed by atoms with E-state index in [1.165, 1.54) is 19.1 Å². The summed E-state index contributed by atoms with van der Waals surface area (Å²) in [7, 11) is 0. The number of hydrogen-bond acceptors (Lipinski definition) is 14. The van der Waals surface area contributed by atoms with Gasteiger partial charge >= 0.3 is 30.0 Å². The Labute approximate surface area is 364 Å². The van der Waals surface area contributed by atoms with Crippen molar-refractivity contribution in [2.45, 2.75) is 108 Å². The Kier molecular flexibility index (Phi) is 11.3. The Morgan fingerprint density at radius 1 is 0.857 bits per heavy atom. The lowest BCUT2D eigenvalue weighted by Gasteiger charge is -2.64. The molecule has 0 radical (unpaired) electrons. The van der Waals surface area contributed by atoms with Crippen LogP contribution < -0.4 is 5.32 Å². The van der Waals surface area contributed by atoms with Crippen molar-refractivity contribution in [1.82, 2.24) is 5.32 Å². The molecule has 1 saturated heterocycles. The minimum Gasteiger partial charge on any atom is -0.456 e. The zero-order chi connectivity index (χ0) is 45.1. The van der Waals surface area contributed by atoms with E-state index >= 15 is 4.79 Å². The Hall–Kier alpha value is -5.90. The Morgan fingerprint density at radius 3 is 2.10 bits per heavy atom. The maximum atomic E-state index is 15.5. The molecular weight excluding hydrogens is 815 g/mol. The van der Waals surface area contributed by atoms with Crippen molar-refractivity contribution in [2.75, 3.05) is 6.61 Å². The number of nitrogens with one attached hydrogen (secondary N) is 1. The predicted octanol–water partition coefficient (Wildman–Crippen LogP) is 4.87. The number of fused-ring (bicyclic) bond motifs is 4. The van der Waals surface area contributed by atoms with Crippen LogP contribution in [0.2, 0.25) is 0 Å². The summed E-state index contributed by atoms with van der Waals surface area (Å²) in [5.74, 6) is -5.68. The first-order chi connectivity index (χ1) is 29.9. The van der Waals surface area contributed by atoms with Crippen LogP contribution in [0.15, 0.2) is 102 Å². The van der Waals surface area contributed by atoms with Crippen molar-refractivity contribution in [2.24, 2.45) is 22.7 Å². The van der Waals surface area contributed by atoms with Crippen molar-refractivity contribution in [3.8, 4) is 0 Å². The highest BCUT2D eigenvalue weighted by molar-refractivity contribution is 5.97. The van der Waals surface area contributed by atoms with Crippen LogP contribution in [-0.4, -0.2) is 94.3 Å². The fourth-order valence-electron chi connectivity index (χ4n) is 10.9. The third-order valence-corrected chi connectivity index (χ3v) is 14.0. The number of benzene rings is 3. The molecule has 15 heteroatoms. The Morgan fingerprint density at radius 2 is 1.49 bits per heavy atom. The molecule has 3 aromatic carbocycles. The van der Waals surface area contributed by atoms with E-state index in [9.17, 15) is 34.2 Å². The van der Waals surface area contributed by atoms with Gasteiger partial charge in [0.05, 0.1) is 24.1 Å². The molecule has 4 fully saturated rings. The first-order valence-electron chi connectivity index (χ1n) is 21.1. The summed E-state index contributed by atoms with van der Waals surface area (Å²) in [5.41, 5.74) is -5.23. The van der Waals surface area contributed by atoms with Crippen molar-refractivity contribution in [3.63, 3.8) is 0 Å². The zero-order valence-corrected chi connectivity index (χ0v) is 35.6. The molecule has 5 unspecified atom stereocenters. The molecule has 2 bridgehead atoms. The second-order valence-electron chi connectivity index (χ2n) is 17.9. The van der Waals surface area contributed by atoms with Gasteiger partial charge in [-0.1, -0.05) is 92.7 Å². The largest absolute Gasteiger partial charge is 0.456 e. The average molecular weight is 866 g/mol. The summed E-state index contributed by atoms with van der Waals surface area (Å²) < 4.78 is 36.1. The van der Waals surface area contributed by atoms with Crippen LogP contribution in [0.5, 0.6) is 0 Å². The minimum absolute atomic E-state index is 0.0925. The summed E-state index contributed by atoms with van der Waals surface area (Å²) >= 11 is 0. The van der Waals surface area contributed by atoms with Crippen molar-refractivity contribution in [3.05, 3.63) is 119 Å². The SMILES string of the molecule is CC(=O)O[C@H]1C(=O)C23C[C@H]2CC2OC[C@@]2(OC(C)=O)C3[C@H](OC(=O)c2ccccc2)[C@]2(O)CC(OC(=O)C(O)[C@@H](NC(=O)OCc3ccccc3)c3ccccc3)C(C)=C1C2(C)C. The summed E-state index contributed by atoms with van der Waals surface area (Å²) in [4.78, 5) is 83.2. The maximum absolute atomic E-state index is 15.5. The van der Waals surface area contributed by atoms with Crippen LogP contribution in [0.4, 0.5) is 4.79 Å². The summed E-state index contributed by atoms with van der Waals surface area (Å²) in [6, 6.07) is 23.8. The standard InChI is InChI=1S/C48H51NO14/c1-26-33(61-43(55)37(52)36(30-17-11-7-12-18-30)49-44(56)58-24-29-15-9-6-10-16-29)23-48(57)41(62-42(54)31-19-13-8-14-20-31)39-46(40(53)38(60-27(2)50)35(26)45(48,4)5)22-32(46)21-34-47(39,25-59-34)63-28(3)51/h6-20,32-34,36-39,41,52,57H,21-25H2,1-5H3,(H,49,56)/t32-,33?,34?,36+,37?,38-,39?,41+,46?,47+,48-/m1/s1. The third-order valence-electron chi connectivity index (χ3n) is 14.0. The number of hydrogen-bond donors (Lipinski definition) is 3. The maximum Gasteiger partial charge on any atom is 0.408 e. The van der Waals surface area contributed by atoms with Gasteiger partial charge < -0.3 is 44.0 Å². The van der Waals surface area contributed by atoms with Crippen molar-refractivity contribution in [1.29, 1.82) is 0 Å². The fraction of sp³-hybridized carbons (Fsp3) is 0.458. The highest BCUT2D eigenvalue weighted by atomic mass is 16.6. The molecule has 1 heterocycles. The zero-order valence-electron chi connectivity index (χ0n) is 35.6. The summed E-state index contributed by atoms with van der Waals surface area (Å²) in [6.45, 7) is 6.94. The number of carbonyl (C=O) groups is 6. The summed E-state index contributed by atoms with van der Waals surface area (Å²) in [6.07, 6.45) is -8.26. The number of alkyl carbamates (subject to hydrolysis) is 1. The number of carbonyl (C=O) groups excluding carboxylic acids is 6. The van der Waals surface area contributed by atoms with Crippen molar-refractivity contribution >= 4 is 35.8 Å². The van der Waals surface area contributed by atoms with Crippen LogP contribution in [-0.2, 0) is 54.2 Å². The minimum atomic E-state index is -2.25. The molecule has 1 aliphatic heterocycles. The van der Waals surface area contributed by atoms with Gasteiger partial charge in [-0.15, -0.1) is 0 Å². The first kappa shape index (κ1) is 43.7. The van der Waals surface area contributed by atoms with Crippen LogP contribution in [0.1, 0.15) is 81.4 Å². The molecule has 63 heavy (non-hydrogen) atoms. The summed E-state index contributed by atoms with van der Waals surface area (Å²) in [5, 5.41) is 28.0. The lowest BCUT2D eigenvalue weighted by molar-refractivity contribution is -0.323. The molecule has 1 amide bonds. The van der Waals surface area contributed by atoms with E-state index in [0.717, 1.165) is 6.92 Å². The van der Waals surface area contributed by atoms with Gasteiger partial charge in [0.2, 0.25) is 0 Å². The van der Waals surface area contributed by atoms with Gasteiger partial charge in [0.25, 0.3) is 0 Å². The average Bonchev–Trinajstić information content (AvgIpc) is 3.99. The number of amides is 1. The van der Waals surface area contributed by atoms with E-state index in [4.69, 9.17) is 28.4 Å². The monoisotopic (exact) mass is 865 g/mol. The quantitative estimate of drug-likeness (QED) is 0.134. The number of Topliss-reactive ketones (excluding diaryl/α,β-unsaturated/α-hetero) is 1. The van der Waals surface area contributed by atoms with E-state index in [1.807, 2.05) is 6.07 Å². The highest BCUT2D eigenvalue weighted by Gasteiger charge is 2.84. The van der Waals surface area contributed by atoms with Gasteiger partial charge in [-0.2, -0.15) is 0 Å². The molecule has 11 atom stereocenters. The van der Waals surface area contributed by atoms with E-state index in [1.54, 1.807) is 93.6 Å². The van der Waals surface area contributed by atoms with Crippen LogP contribution in [0, 0.1) is 22.7 Å². The predicted molar refractivity (Wildman–Crippen MR) is 220 cm³/mol. The van der Waals surface area contributed by atoms with Crippen LogP contribution in [0.3, 0.4) is 0 Å². The molecular formula is C48H51NO14. The molecule has 1 spiro atoms. The number of ether oxygens (including phenoxy) is 6. The van der Waals surface area contributed by atoms with Gasteiger partial charge in [-0.05, 0) is 60.1 Å². The van der Waals surface area contributed by atoms with Gasteiger partial charge in [0.1, 0.15) is 30.5 Å². The fourth-order valence-corrected chi connectivity index (χ4v) is 10.9. The third kappa shape index (κ3) is 7.39. The highest BCUT2D eigenvalue weighted by Crippen LogP contribution is 2.74. The Balaban J connectivity index is 1.21. The van der Waals surface area contributed by atoms with Crippen LogP contribution in [0.25, 0.3) is 0 Å². The molecule has 3 aromatic rings. The number of aliphatic hydroxyl groups is 2. The van der Waals surface area contributed by atoms with Gasteiger partial charge in [-0.25, -0.2) is 14.4 Å². The number of aliphatic hydroxyl groups excluding tert-OH is 1. The molecule has 332 valence electrons. The van der Waals surface area contributed by atoms with Crippen molar-refractivity contribution < 1.29 is 67.4 Å². The first-order valence-corrected chi connectivity index (χ1v) is 21.1.